The van der Waals surface area contributed by atoms with E-state index in [0.717, 1.165) is 44.6 Å². The fourth-order valence-electron chi connectivity index (χ4n) is 1.93. The van der Waals surface area contributed by atoms with Crippen LogP contribution >= 0.6 is 0 Å². The molecule has 1 aromatic rings. The number of hydrogen-bond acceptors (Lipinski definition) is 3. The van der Waals surface area contributed by atoms with Crippen molar-refractivity contribution in [2.45, 2.75) is 32.1 Å². The van der Waals surface area contributed by atoms with Crippen LogP contribution in [0.25, 0.3) is 0 Å². The van der Waals surface area contributed by atoms with Gasteiger partial charge in [-0.3, -0.25) is 4.79 Å². The molecular weight excluding hydrogens is 254 g/mol. The maximum absolute atomic E-state index is 11.3. The number of hydrogen-bond donors (Lipinski definition) is 2. The number of benzene rings is 1. The highest BCUT2D eigenvalue weighted by molar-refractivity contribution is 5.76. The van der Waals surface area contributed by atoms with E-state index in [9.17, 15) is 9.90 Å². The average molecular weight is 279 g/mol. The van der Waals surface area contributed by atoms with Gasteiger partial charge in [0.1, 0.15) is 0 Å². The summed E-state index contributed by atoms with van der Waals surface area (Å²) in [5, 5.41) is 12.5. The molecule has 0 amide bonds. The number of carboxylic acid groups (broad SMARTS) is 1. The van der Waals surface area contributed by atoms with Crippen LogP contribution in [0.4, 0.5) is 0 Å². The van der Waals surface area contributed by atoms with Crippen molar-refractivity contribution in [1.82, 2.24) is 5.32 Å². The quantitative estimate of drug-likeness (QED) is 0.611. The van der Waals surface area contributed by atoms with Gasteiger partial charge in [0.25, 0.3) is 0 Å². The molecule has 0 aromatic heterocycles. The van der Waals surface area contributed by atoms with Crippen LogP contribution in [0.2, 0.25) is 0 Å². The third-order valence-corrected chi connectivity index (χ3v) is 3.13. The highest BCUT2D eigenvalue weighted by atomic mass is 16.5. The molecule has 0 aliphatic carbocycles. The molecule has 0 bridgehead atoms. The van der Waals surface area contributed by atoms with Crippen LogP contribution < -0.4 is 5.32 Å². The predicted octanol–water partition coefficient (Wildman–Crippen LogP) is 2.65. The molecule has 1 unspecified atom stereocenters. The van der Waals surface area contributed by atoms with Gasteiger partial charge in [-0.05, 0) is 24.9 Å². The van der Waals surface area contributed by atoms with E-state index in [1.165, 1.54) is 0 Å². The van der Waals surface area contributed by atoms with Gasteiger partial charge in [-0.2, -0.15) is 0 Å². The van der Waals surface area contributed by atoms with Gasteiger partial charge in [-0.1, -0.05) is 43.7 Å². The van der Waals surface area contributed by atoms with Crippen molar-refractivity contribution in [1.29, 1.82) is 0 Å². The number of unbranched alkanes of at least 4 members (excludes halogenated alkanes) is 1. The second-order valence-corrected chi connectivity index (χ2v) is 4.83. The SMILES string of the molecule is CCCCOCCCNCC(C(=O)O)c1ccccc1. The molecule has 2 N–H and O–H groups in total. The Hall–Kier alpha value is -1.39. The standard InChI is InChI=1S/C16H25NO3/c1-2-3-11-20-12-7-10-17-13-15(16(18)19)14-8-5-4-6-9-14/h4-6,8-9,15,17H,2-3,7,10-13H2,1H3,(H,18,19). The Balaban J connectivity index is 2.19. The summed E-state index contributed by atoms with van der Waals surface area (Å²) < 4.78 is 5.46. The molecule has 0 aliphatic heterocycles. The van der Waals surface area contributed by atoms with Crippen molar-refractivity contribution < 1.29 is 14.6 Å². The first-order valence-electron chi connectivity index (χ1n) is 7.32. The van der Waals surface area contributed by atoms with Gasteiger partial charge in [-0.25, -0.2) is 0 Å². The van der Waals surface area contributed by atoms with Crippen LogP contribution in [0, 0.1) is 0 Å². The van der Waals surface area contributed by atoms with E-state index in [1.54, 1.807) is 0 Å². The van der Waals surface area contributed by atoms with Gasteiger partial charge in [0.15, 0.2) is 0 Å². The summed E-state index contributed by atoms with van der Waals surface area (Å²) in [6.45, 7) is 4.92. The van der Waals surface area contributed by atoms with Gasteiger partial charge < -0.3 is 15.2 Å². The lowest BCUT2D eigenvalue weighted by molar-refractivity contribution is -0.138. The molecule has 4 heteroatoms. The van der Waals surface area contributed by atoms with Gasteiger partial charge in [-0.15, -0.1) is 0 Å². The van der Waals surface area contributed by atoms with Gasteiger partial charge in [0.05, 0.1) is 5.92 Å². The minimum absolute atomic E-state index is 0.453. The number of aliphatic carboxylic acids is 1. The molecule has 112 valence electrons. The molecule has 0 spiro atoms. The zero-order valence-corrected chi connectivity index (χ0v) is 12.2. The van der Waals surface area contributed by atoms with Crippen molar-refractivity contribution >= 4 is 5.97 Å². The number of ether oxygens (including phenoxy) is 1. The molecule has 0 aliphatic rings. The molecule has 0 heterocycles. The highest BCUT2D eigenvalue weighted by Crippen LogP contribution is 2.14. The zero-order valence-electron chi connectivity index (χ0n) is 12.2. The molecule has 0 saturated heterocycles. The van der Waals surface area contributed by atoms with Crippen molar-refractivity contribution in [3.05, 3.63) is 35.9 Å². The van der Waals surface area contributed by atoms with Crippen LogP contribution in [0.3, 0.4) is 0 Å². The first-order valence-corrected chi connectivity index (χ1v) is 7.32. The van der Waals surface area contributed by atoms with Crippen molar-refractivity contribution in [3.8, 4) is 0 Å². The minimum atomic E-state index is -0.789. The summed E-state index contributed by atoms with van der Waals surface area (Å²) in [7, 11) is 0. The number of nitrogens with one attached hydrogen (secondary N) is 1. The average Bonchev–Trinajstić information content (AvgIpc) is 2.46. The van der Waals surface area contributed by atoms with Crippen molar-refractivity contribution in [3.63, 3.8) is 0 Å². The zero-order chi connectivity index (χ0) is 14.6. The van der Waals surface area contributed by atoms with E-state index < -0.39 is 11.9 Å². The molecule has 1 rings (SSSR count). The summed E-state index contributed by atoms with van der Waals surface area (Å²) in [5.74, 6) is -1.28. The Morgan fingerprint density at radius 1 is 1.25 bits per heavy atom. The minimum Gasteiger partial charge on any atom is -0.481 e. The summed E-state index contributed by atoms with van der Waals surface area (Å²) in [6.07, 6.45) is 3.16. The fraction of sp³-hybridized carbons (Fsp3) is 0.562. The monoisotopic (exact) mass is 279 g/mol. The Labute approximate surface area is 121 Å². The molecular formula is C16H25NO3. The van der Waals surface area contributed by atoms with E-state index >= 15 is 0 Å². The maximum atomic E-state index is 11.3. The molecule has 0 fully saturated rings. The maximum Gasteiger partial charge on any atom is 0.312 e. The summed E-state index contributed by atoms with van der Waals surface area (Å²) >= 11 is 0. The lowest BCUT2D eigenvalue weighted by Gasteiger charge is -2.13. The van der Waals surface area contributed by atoms with Gasteiger partial charge in [0, 0.05) is 19.8 Å². The van der Waals surface area contributed by atoms with E-state index in [-0.39, 0.29) is 0 Å². The Morgan fingerprint density at radius 2 is 1.95 bits per heavy atom. The topological polar surface area (TPSA) is 58.6 Å². The lowest BCUT2D eigenvalue weighted by Crippen LogP contribution is -2.28. The lowest BCUT2D eigenvalue weighted by atomic mass is 9.99. The largest absolute Gasteiger partial charge is 0.481 e. The van der Waals surface area contributed by atoms with Crippen LogP contribution in [-0.4, -0.2) is 37.4 Å². The van der Waals surface area contributed by atoms with Gasteiger partial charge >= 0.3 is 5.97 Å². The Morgan fingerprint density at radius 3 is 2.60 bits per heavy atom. The van der Waals surface area contributed by atoms with Crippen LogP contribution in [0.1, 0.15) is 37.7 Å². The normalized spacial score (nSPS) is 12.2. The highest BCUT2D eigenvalue weighted by Gasteiger charge is 2.18. The van der Waals surface area contributed by atoms with E-state index in [4.69, 9.17) is 4.74 Å². The van der Waals surface area contributed by atoms with Crippen LogP contribution in [-0.2, 0) is 9.53 Å². The summed E-state index contributed by atoms with van der Waals surface area (Å²) in [5.41, 5.74) is 0.840. The molecule has 1 atom stereocenters. The van der Waals surface area contributed by atoms with E-state index in [2.05, 4.69) is 12.2 Å². The number of carboxylic acids is 1. The Kier molecular flexibility index (Phi) is 8.67. The molecule has 4 nitrogen and oxygen atoms in total. The first-order chi connectivity index (χ1) is 9.75. The predicted molar refractivity (Wildman–Crippen MR) is 80.0 cm³/mol. The summed E-state index contributed by atoms with van der Waals surface area (Å²) in [6, 6.07) is 9.34. The second-order valence-electron chi connectivity index (χ2n) is 4.83. The van der Waals surface area contributed by atoms with Crippen LogP contribution in [0.15, 0.2) is 30.3 Å². The van der Waals surface area contributed by atoms with E-state index in [1.807, 2.05) is 30.3 Å². The fourth-order valence-corrected chi connectivity index (χ4v) is 1.93. The Bertz CT molecular complexity index is 367. The molecule has 0 radical (unpaired) electrons. The van der Waals surface area contributed by atoms with E-state index in [0.29, 0.717) is 6.54 Å². The molecule has 20 heavy (non-hydrogen) atoms. The molecule has 0 saturated carbocycles. The van der Waals surface area contributed by atoms with Gasteiger partial charge in [0.2, 0.25) is 0 Å². The molecule has 1 aromatic carbocycles. The first kappa shape index (κ1) is 16.7. The smallest absolute Gasteiger partial charge is 0.312 e. The van der Waals surface area contributed by atoms with Crippen molar-refractivity contribution in [2.75, 3.05) is 26.3 Å². The number of rotatable bonds is 11. The van der Waals surface area contributed by atoms with Crippen LogP contribution in [0.5, 0.6) is 0 Å². The second kappa shape index (κ2) is 10.4. The van der Waals surface area contributed by atoms with Crippen molar-refractivity contribution in [2.24, 2.45) is 0 Å². The summed E-state index contributed by atoms with van der Waals surface area (Å²) in [4.78, 5) is 11.3. The third kappa shape index (κ3) is 6.68. The number of carbonyl (C=O) groups is 1. The third-order valence-electron chi connectivity index (χ3n) is 3.13.